The van der Waals surface area contributed by atoms with Gasteiger partial charge in [0.25, 0.3) is 0 Å². The molecular formula is C6H9BrN2O2S2. The number of thiazole rings is 1. The Kier molecular flexibility index (Phi) is 3.84. The van der Waals surface area contributed by atoms with Crippen molar-refractivity contribution < 1.29 is 8.42 Å². The largest absolute Gasteiger partial charge is 0.245 e. The number of nitrogens with one attached hydrogen (secondary N) is 1. The summed E-state index contributed by atoms with van der Waals surface area (Å²) >= 11 is 4.39. The maximum atomic E-state index is 11.0. The van der Waals surface area contributed by atoms with Crippen molar-refractivity contribution in [1.29, 1.82) is 0 Å². The van der Waals surface area contributed by atoms with E-state index in [9.17, 15) is 8.42 Å². The molecular weight excluding hydrogens is 276 g/mol. The molecule has 0 unspecified atom stereocenters. The van der Waals surface area contributed by atoms with Gasteiger partial charge in [-0.3, -0.25) is 0 Å². The molecule has 0 amide bonds. The fraction of sp³-hybridized carbons (Fsp3) is 0.500. The lowest BCUT2D eigenvalue weighted by molar-refractivity contribution is 0.586. The summed E-state index contributed by atoms with van der Waals surface area (Å²) in [5, 5.41) is 2.78. The van der Waals surface area contributed by atoms with E-state index in [1.54, 1.807) is 0 Å². The molecule has 0 radical (unpaired) electrons. The highest BCUT2D eigenvalue weighted by Gasteiger charge is 2.07. The Labute approximate surface area is 89.6 Å². The van der Waals surface area contributed by atoms with Gasteiger partial charge in [0.15, 0.2) is 0 Å². The minimum absolute atomic E-state index is 0.0802. The monoisotopic (exact) mass is 284 g/mol. The lowest BCUT2D eigenvalue weighted by Crippen LogP contribution is -2.23. The zero-order chi connectivity index (χ0) is 9.90. The van der Waals surface area contributed by atoms with Crippen LogP contribution in [0, 0.1) is 6.92 Å². The topological polar surface area (TPSA) is 59.1 Å². The van der Waals surface area contributed by atoms with Crippen LogP contribution in [0.3, 0.4) is 0 Å². The average molecular weight is 285 g/mol. The second-order valence-electron chi connectivity index (χ2n) is 2.40. The van der Waals surface area contributed by atoms with Crippen molar-refractivity contribution in [2.75, 3.05) is 4.66 Å². The van der Waals surface area contributed by atoms with Gasteiger partial charge in [0.1, 0.15) is 4.66 Å². The van der Waals surface area contributed by atoms with Crippen molar-refractivity contribution in [1.82, 2.24) is 9.71 Å². The van der Waals surface area contributed by atoms with E-state index in [2.05, 4.69) is 25.6 Å². The first-order valence-electron chi connectivity index (χ1n) is 3.48. The van der Waals surface area contributed by atoms with E-state index in [1.807, 2.05) is 12.3 Å². The van der Waals surface area contributed by atoms with E-state index < -0.39 is 10.0 Å². The van der Waals surface area contributed by atoms with Crippen molar-refractivity contribution in [3.05, 3.63) is 16.1 Å². The Hall–Kier alpha value is 0.0200. The lowest BCUT2D eigenvalue weighted by Gasteiger charge is -1.99. The minimum atomic E-state index is -3.18. The molecule has 4 nitrogen and oxygen atoms in total. The number of sulfonamides is 1. The number of aryl methyl sites for hydroxylation is 1. The zero-order valence-electron chi connectivity index (χ0n) is 6.95. The van der Waals surface area contributed by atoms with Gasteiger partial charge in [-0.25, -0.2) is 18.1 Å². The standard InChI is InChI=1S/C6H9BrN2O2S2/c1-5-9-6(3-12-5)2-8-13(10,11)4-7/h3,8H,2,4H2,1H3. The number of rotatable bonds is 4. The molecule has 1 aromatic heterocycles. The summed E-state index contributed by atoms with van der Waals surface area (Å²) in [4.78, 5) is 4.12. The van der Waals surface area contributed by atoms with E-state index >= 15 is 0 Å². The molecule has 0 spiro atoms. The maximum Gasteiger partial charge on any atom is 0.221 e. The third-order valence-corrected chi connectivity index (χ3v) is 4.79. The third-order valence-electron chi connectivity index (χ3n) is 1.28. The second-order valence-corrected chi connectivity index (χ2v) is 6.57. The molecule has 13 heavy (non-hydrogen) atoms. The van der Waals surface area contributed by atoms with Crippen molar-refractivity contribution in [3.63, 3.8) is 0 Å². The van der Waals surface area contributed by atoms with Gasteiger partial charge in [-0.2, -0.15) is 0 Å². The molecule has 1 heterocycles. The Bertz CT molecular complexity index is 374. The van der Waals surface area contributed by atoms with Gasteiger partial charge in [0, 0.05) is 5.38 Å². The smallest absolute Gasteiger partial charge is 0.221 e. The summed E-state index contributed by atoms with van der Waals surface area (Å²) in [6.45, 7) is 2.14. The molecule has 7 heteroatoms. The highest BCUT2D eigenvalue weighted by Crippen LogP contribution is 2.07. The molecule has 0 atom stereocenters. The third kappa shape index (κ3) is 3.72. The Balaban J connectivity index is 2.53. The first-order chi connectivity index (χ1) is 6.03. The highest BCUT2D eigenvalue weighted by molar-refractivity contribution is 9.10. The fourth-order valence-electron chi connectivity index (χ4n) is 0.712. The maximum absolute atomic E-state index is 11.0. The Morgan fingerprint density at radius 2 is 2.38 bits per heavy atom. The van der Waals surface area contributed by atoms with Crippen LogP contribution < -0.4 is 4.72 Å². The van der Waals surface area contributed by atoms with Gasteiger partial charge in [-0.05, 0) is 6.92 Å². The van der Waals surface area contributed by atoms with Gasteiger partial charge in [0.05, 0.1) is 17.2 Å². The molecule has 0 fully saturated rings. The van der Waals surface area contributed by atoms with E-state index in [-0.39, 0.29) is 11.2 Å². The molecule has 0 aliphatic heterocycles. The number of alkyl halides is 1. The summed E-state index contributed by atoms with van der Waals surface area (Å²) in [6.07, 6.45) is 0. The molecule has 74 valence electrons. The van der Waals surface area contributed by atoms with Crippen LogP contribution in [-0.2, 0) is 16.6 Å². The summed E-state index contributed by atoms with van der Waals surface area (Å²) in [5.74, 6) is 0. The Morgan fingerprint density at radius 3 is 2.85 bits per heavy atom. The van der Waals surface area contributed by atoms with Gasteiger partial charge >= 0.3 is 0 Å². The van der Waals surface area contributed by atoms with Crippen LogP contribution in [-0.4, -0.2) is 18.1 Å². The molecule has 1 rings (SSSR count). The van der Waals surface area contributed by atoms with Gasteiger partial charge < -0.3 is 0 Å². The summed E-state index contributed by atoms with van der Waals surface area (Å²) in [5.41, 5.74) is 0.757. The molecule has 0 aliphatic rings. The predicted molar refractivity (Wildman–Crippen MR) is 56.4 cm³/mol. The van der Waals surface area contributed by atoms with Crippen molar-refractivity contribution in [2.24, 2.45) is 0 Å². The van der Waals surface area contributed by atoms with Crippen LogP contribution in [0.15, 0.2) is 5.38 Å². The van der Waals surface area contributed by atoms with Crippen LogP contribution in [0.2, 0.25) is 0 Å². The van der Waals surface area contributed by atoms with E-state index in [0.717, 1.165) is 10.7 Å². The van der Waals surface area contributed by atoms with Crippen molar-refractivity contribution in [3.8, 4) is 0 Å². The van der Waals surface area contributed by atoms with Gasteiger partial charge in [0.2, 0.25) is 10.0 Å². The predicted octanol–water partition coefficient (Wildman–Crippen LogP) is 1.22. The lowest BCUT2D eigenvalue weighted by atomic mass is 10.5. The summed E-state index contributed by atoms with van der Waals surface area (Å²) in [7, 11) is -3.18. The van der Waals surface area contributed by atoms with E-state index in [0.29, 0.717) is 0 Å². The molecule has 0 aliphatic carbocycles. The SMILES string of the molecule is Cc1nc(CNS(=O)(=O)CBr)cs1. The van der Waals surface area contributed by atoms with E-state index in [1.165, 1.54) is 11.3 Å². The van der Waals surface area contributed by atoms with Gasteiger partial charge in [-0.15, -0.1) is 11.3 Å². The molecule has 1 N–H and O–H groups in total. The molecule has 0 aromatic carbocycles. The Morgan fingerprint density at radius 1 is 1.69 bits per heavy atom. The van der Waals surface area contributed by atoms with Crippen molar-refractivity contribution in [2.45, 2.75) is 13.5 Å². The second kappa shape index (κ2) is 4.50. The average Bonchev–Trinajstić information content (AvgIpc) is 2.48. The van der Waals surface area contributed by atoms with Crippen LogP contribution in [0.25, 0.3) is 0 Å². The summed E-state index contributed by atoms with van der Waals surface area (Å²) in [6, 6.07) is 0. The fourth-order valence-corrected chi connectivity index (χ4v) is 2.26. The minimum Gasteiger partial charge on any atom is -0.245 e. The van der Waals surface area contributed by atoms with E-state index in [4.69, 9.17) is 0 Å². The number of hydrogen-bond donors (Lipinski definition) is 1. The normalized spacial score (nSPS) is 11.8. The number of aromatic nitrogens is 1. The number of hydrogen-bond acceptors (Lipinski definition) is 4. The molecule has 0 saturated carbocycles. The van der Waals surface area contributed by atoms with Crippen molar-refractivity contribution >= 4 is 37.3 Å². The van der Waals surface area contributed by atoms with Crippen LogP contribution in [0.5, 0.6) is 0 Å². The van der Waals surface area contributed by atoms with Crippen LogP contribution in [0.4, 0.5) is 0 Å². The quantitative estimate of drug-likeness (QED) is 0.846. The van der Waals surface area contributed by atoms with Gasteiger partial charge in [-0.1, -0.05) is 15.9 Å². The number of nitrogens with zero attached hydrogens (tertiary/aromatic N) is 1. The first-order valence-corrected chi connectivity index (χ1v) is 7.13. The summed E-state index contributed by atoms with van der Waals surface area (Å²) < 4.78 is 24.3. The molecule has 0 saturated heterocycles. The molecule has 1 aromatic rings. The molecule has 0 bridgehead atoms. The van der Waals surface area contributed by atoms with Crippen LogP contribution >= 0.6 is 27.3 Å². The first kappa shape index (κ1) is 11.1. The zero-order valence-corrected chi connectivity index (χ0v) is 10.2. The number of halogens is 1. The van der Waals surface area contributed by atoms with Crippen LogP contribution in [0.1, 0.15) is 10.7 Å². The highest BCUT2D eigenvalue weighted by atomic mass is 79.9.